The number of aryl methyl sites for hydroxylation is 2. The standard InChI is InChI=1S/C18H20N4O2S/c1-3-13-4-5-14-16(11-13)25-18(19-14)22-8-6-21(7-9-22)17(23)15-10-12(2)24-20-15/h4-5,10-11H,3,6-9H2,1-2H3. The summed E-state index contributed by atoms with van der Waals surface area (Å²) >= 11 is 1.73. The molecular weight excluding hydrogens is 336 g/mol. The Labute approximate surface area is 150 Å². The minimum atomic E-state index is -0.0617. The summed E-state index contributed by atoms with van der Waals surface area (Å²) in [6, 6.07) is 8.15. The van der Waals surface area contributed by atoms with Crippen LogP contribution in [0, 0.1) is 6.92 Å². The number of piperazine rings is 1. The smallest absolute Gasteiger partial charge is 0.276 e. The lowest BCUT2D eigenvalue weighted by Crippen LogP contribution is -2.48. The fourth-order valence-corrected chi connectivity index (χ4v) is 4.12. The molecule has 130 valence electrons. The number of amides is 1. The molecule has 0 bridgehead atoms. The van der Waals surface area contributed by atoms with Crippen molar-refractivity contribution in [3.8, 4) is 0 Å². The number of anilines is 1. The number of hydrogen-bond donors (Lipinski definition) is 0. The molecule has 0 N–H and O–H groups in total. The zero-order chi connectivity index (χ0) is 17.4. The van der Waals surface area contributed by atoms with Gasteiger partial charge in [0.2, 0.25) is 0 Å². The SMILES string of the molecule is CCc1ccc2nc(N3CCN(C(=O)c4cc(C)on4)CC3)sc2c1. The lowest BCUT2D eigenvalue weighted by Gasteiger charge is -2.34. The molecule has 1 saturated heterocycles. The molecule has 1 amide bonds. The first-order valence-corrected chi connectivity index (χ1v) is 9.32. The van der Waals surface area contributed by atoms with E-state index < -0.39 is 0 Å². The molecule has 1 aromatic carbocycles. The summed E-state index contributed by atoms with van der Waals surface area (Å²) < 4.78 is 6.23. The van der Waals surface area contributed by atoms with Gasteiger partial charge in [-0.15, -0.1) is 0 Å². The van der Waals surface area contributed by atoms with Crippen molar-refractivity contribution in [1.82, 2.24) is 15.0 Å². The minimum absolute atomic E-state index is 0.0617. The predicted octanol–water partition coefficient (Wildman–Crippen LogP) is 3.12. The van der Waals surface area contributed by atoms with E-state index in [4.69, 9.17) is 9.51 Å². The quantitative estimate of drug-likeness (QED) is 0.721. The van der Waals surface area contributed by atoms with Crippen LogP contribution < -0.4 is 4.90 Å². The van der Waals surface area contributed by atoms with Crippen molar-refractivity contribution in [3.63, 3.8) is 0 Å². The van der Waals surface area contributed by atoms with Crippen molar-refractivity contribution >= 4 is 32.6 Å². The molecule has 3 aromatic rings. The lowest BCUT2D eigenvalue weighted by atomic mass is 10.2. The first kappa shape index (κ1) is 16.1. The number of carbonyl (C=O) groups is 1. The Hall–Kier alpha value is -2.41. The molecule has 1 fully saturated rings. The molecule has 0 atom stereocenters. The molecule has 3 heterocycles. The average Bonchev–Trinajstić information content (AvgIpc) is 3.26. The van der Waals surface area contributed by atoms with Crippen molar-refractivity contribution in [3.05, 3.63) is 41.3 Å². The third-order valence-corrected chi connectivity index (χ3v) is 5.61. The van der Waals surface area contributed by atoms with Gasteiger partial charge in [-0.05, 0) is 31.0 Å². The van der Waals surface area contributed by atoms with Crippen molar-refractivity contribution < 1.29 is 9.32 Å². The topological polar surface area (TPSA) is 62.5 Å². The van der Waals surface area contributed by atoms with Gasteiger partial charge in [-0.3, -0.25) is 4.79 Å². The van der Waals surface area contributed by atoms with Crippen LogP contribution in [0.15, 0.2) is 28.8 Å². The summed E-state index contributed by atoms with van der Waals surface area (Å²) in [5, 5.41) is 4.86. The monoisotopic (exact) mass is 356 g/mol. The molecule has 4 rings (SSSR count). The van der Waals surface area contributed by atoms with Crippen LogP contribution in [-0.4, -0.2) is 47.1 Å². The molecule has 0 unspecified atom stereocenters. The van der Waals surface area contributed by atoms with Crippen LogP contribution in [0.3, 0.4) is 0 Å². The van der Waals surface area contributed by atoms with Crippen molar-refractivity contribution in [2.45, 2.75) is 20.3 Å². The Balaban J connectivity index is 1.45. The highest BCUT2D eigenvalue weighted by atomic mass is 32.1. The first-order chi connectivity index (χ1) is 12.1. The molecule has 0 aliphatic carbocycles. The molecule has 2 aromatic heterocycles. The van der Waals surface area contributed by atoms with Gasteiger partial charge in [-0.25, -0.2) is 4.98 Å². The highest BCUT2D eigenvalue weighted by Gasteiger charge is 2.25. The minimum Gasteiger partial charge on any atom is -0.361 e. The Kier molecular flexibility index (Phi) is 4.17. The number of benzene rings is 1. The highest BCUT2D eigenvalue weighted by Crippen LogP contribution is 2.30. The maximum atomic E-state index is 12.4. The van der Waals surface area contributed by atoms with E-state index in [-0.39, 0.29) is 5.91 Å². The number of carbonyl (C=O) groups excluding carboxylic acids is 1. The van der Waals surface area contributed by atoms with Crippen molar-refractivity contribution in [2.75, 3.05) is 31.1 Å². The summed E-state index contributed by atoms with van der Waals surface area (Å²) in [7, 11) is 0. The van der Waals surface area contributed by atoms with Crippen LogP contribution in [0.1, 0.15) is 28.7 Å². The molecular formula is C18H20N4O2S. The largest absolute Gasteiger partial charge is 0.361 e. The van der Waals surface area contributed by atoms with Crippen LogP contribution in [-0.2, 0) is 6.42 Å². The molecule has 1 aliphatic rings. The van der Waals surface area contributed by atoms with E-state index >= 15 is 0 Å². The summed E-state index contributed by atoms with van der Waals surface area (Å²) in [5.41, 5.74) is 2.77. The van der Waals surface area contributed by atoms with Gasteiger partial charge < -0.3 is 14.3 Å². The second kappa shape index (κ2) is 6.48. The lowest BCUT2D eigenvalue weighted by molar-refractivity contribution is 0.0736. The van der Waals surface area contributed by atoms with Gasteiger partial charge in [0.25, 0.3) is 5.91 Å². The third-order valence-electron chi connectivity index (χ3n) is 4.53. The number of nitrogens with zero attached hydrogens (tertiary/aromatic N) is 4. The van der Waals surface area contributed by atoms with Gasteiger partial charge in [-0.2, -0.15) is 0 Å². The number of fused-ring (bicyclic) bond motifs is 1. The first-order valence-electron chi connectivity index (χ1n) is 8.51. The summed E-state index contributed by atoms with van der Waals surface area (Å²) in [6.45, 7) is 6.85. The van der Waals surface area contributed by atoms with Crippen LogP contribution >= 0.6 is 11.3 Å². The maximum absolute atomic E-state index is 12.4. The maximum Gasteiger partial charge on any atom is 0.276 e. The molecule has 0 radical (unpaired) electrons. The van der Waals surface area contributed by atoms with E-state index in [2.05, 4.69) is 35.2 Å². The number of aromatic nitrogens is 2. The second-order valence-corrected chi connectivity index (χ2v) is 7.26. The van der Waals surface area contributed by atoms with E-state index in [0.717, 1.165) is 30.2 Å². The normalized spacial score (nSPS) is 15.1. The molecule has 6 nitrogen and oxygen atoms in total. The highest BCUT2D eigenvalue weighted by molar-refractivity contribution is 7.22. The number of thiazole rings is 1. The molecule has 0 saturated carbocycles. The van der Waals surface area contributed by atoms with Crippen LogP contribution in [0.25, 0.3) is 10.2 Å². The molecule has 1 aliphatic heterocycles. The van der Waals surface area contributed by atoms with Crippen molar-refractivity contribution in [1.29, 1.82) is 0 Å². The third kappa shape index (κ3) is 3.11. The summed E-state index contributed by atoms with van der Waals surface area (Å²) in [6.07, 6.45) is 1.03. The fraction of sp³-hybridized carbons (Fsp3) is 0.389. The van der Waals surface area contributed by atoms with Gasteiger partial charge in [-0.1, -0.05) is 29.5 Å². The van der Waals surface area contributed by atoms with Gasteiger partial charge in [0.1, 0.15) is 5.76 Å². The Morgan fingerprint density at radius 1 is 1.24 bits per heavy atom. The van der Waals surface area contributed by atoms with Gasteiger partial charge in [0.05, 0.1) is 10.2 Å². The van der Waals surface area contributed by atoms with Gasteiger partial charge >= 0.3 is 0 Å². The summed E-state index contributed by atoms with van der Waals surface area (Å²) in [5.74, 6) is 0.594. The van der Waals surface area contributed by atoms with Gasteiger partial charge in [0, 0.05) is 32.2 Å². The average molecular weight is 356 g/mol. The Morgan fingerprint density at radius 2 is 2.04 bits per heavy atom. The second-order valence-electron chi connectivity index (χ2n) is 6.25. The van der Waals surface area contributed by atoms with Crippen LogP contribution in [0.5, 0.6) is 0 Å². The van der Waals surface area contributed by atoms with Crippen molar-refractivity contribution in [2.24, 2.45) is 0 Å². The van der Waals surface area contributed by atoms with E-state index in [1.165, 1.54) is 10.3 Å². The number of rotatable bonds is 3. The van der Waals surface area contributed by atoms with E-state index in [1.54, 1.807) is 24.3 Å². The van der Waals surface area contributed by atoms with E-state index in [0.29, 0.717) is 24.5 Å². The van der Waals surface area contributed by atoms with E-state index in [9.17, 15) is 4.79 Å². The molecule has 7 heteroatoms. The Morgan fingerprint density at radius 3 is 2.72 bits per heavy atom. The zero-order valence-corrected chi connectivity index (χ0v) is 15.2. The predicted molar refractivity (Wildman–Crippen MR) is 98.4 cm³/mol. The Bertz CT molecular complexity index is 909. The summed E-state index contributed by atoms with van der Waals surface area (Å²) in [4.78, 5) is 21.3. The molecule has 25 heavy (non-hydrogen) atoms. The number of hydrogen-bond acceptors (Lipinski definition) is 6. The van der Waals surface area contributed by atoms with E-state index in [1.807, 2.05) is 4.90 Å². The van der Waals surface area contributed by atoms with Gasteiger partial charge in [0.15, 0.2) is 10.8 Å². The van der Waals surface area contributed by atoms with Crippen LogP contribution in [0.4, 0.5) is 5.13 Å². The fourth-order valence-electron chi connectivity index (χ4n) is 3.04. The van der Waals surface area contributed by atoms with Crippen LogP contribution in [0.2, 0.25) is 0 Å². The molecule has 0 spiro atoms. The zero-order valence-electron chi connectivity index (χ0n) is 14.4.